The lowest BCUT2D eigenvalue weighted by molar-refractivity contribution is 0.108. The van der Waals surface area contributed by atoms with E-state index in [4.69, 9.17) is 10.5 Å². The Labute approximate surface area is 118 Å². The van der Waals surface area contributed by atoms with Gasteiger partial charge < -0.3 is 20.7 Å². The summed E-state index contributed by atoms with van der Waals surface area (Å²) in [6.07, 6.45) is 5.85. The molecule has 0 amide bonds. The van der Waals surface area contributed by atoms with E-state index in [0.29, 0.717) is 24.0 Å². The van der Waals surface area contributed by atoms with Crippen molar-refractivity contribution in [3.63, 3.8) is 0 Å². The van der Waals surface area contributed by atoms with E-state index in [2.05, 4.69) is 25.2 Å². The van der Waals surface area contributed by atoms with Gasteiger partial charge in [0.1, 0.15) is 0 Å². The van der Waals surface area contributed by atoms with Crippen LogP contribution in [0, 0.1) is 0 Å². The topological polar surface area (TPSA) is 89.2 Å². The molecule has 3 N–H and O–H groups in total. The molecule has 1 aromatic heterocycles. The van der Waals surface area contributed by atoms with Crippen molar-refractivity contribution in [1.82, 2.24) is 15.0 Å². The number of nitrogens with two attached hydrogens (primary N) is 1. The van der Waals surface area contributed by atoms with Crippen LogP contribution in [0.1, 0.15) is 32.1 Å². The van der Waals surface area contributed by atoms with Gasteiger partial charge in [0.2, 0.25) is 17.8 Å². The molecule has 1 saturated carbocycles. The fourth-order valence-electron chi connectivity index (χ4n) is 2.97. The van der Waals surface area contributed by atoms with E-state index in [0.717, 1.165) is 32.4 Å². The Balaban J connectivity index is 1.69. The van der Waals surface area contributed by atoms with Crippen LogP contribution >= 0.6 is 0 Å². The van der Waals surface area contributed by atoms with Gasteiger partial charge in [-0.15, -0.1) is 0 Å². The molecule has 0 spiro atoms. The average molecular weight is 278 g/mol. The van der Waals surface area contributed by atoms with Gasteiger partial charge in [-0.3, -0.25) is 0 Å². The molecule has 2 atom stereocenters. The molecule has 3 rings (SSSR count). The molecule has 0 aromatic carbocycles. The van der Waals surface area contributed by atoms with E-state index in [1.54, 1.807) is 7.11 Å². The summed E-state index contributed by atoms with van der Waals surface area (Å²) in [5.74, 6) is 1.56. The van der Waals surface area contributed by atoms with Gasteiger partial charge >= 0.3 is 0 Å². The van der Waals surface area contributed by atoms with Crippen LogP contribution in [0.25, 0.3) is 0 Å². The molecule has 1 saturated heterocycles. The second kappa shape index (κ2) is 5.78. The summed E-state index contributed by atoms with van der Waals surface area (Å²) < 4.78 is 5.38. The van der Waals surface area contributed by atoms with Crippen molar-refractivity contribution < 1.29 is 4.74 Å². The molecule has 2 unspecified atom stereocenters. The molecule has 0 radical (unpaired) electrons. The Kier molecular flexibility index (Phi) is 3.86. The smallest absolute Gasteiger partial charge is 0.231 e. The molecular formula is C13H22N6O. The third-order valence-corrected chi connectivity index (χ3v) is 4.08. The van der Waals surface area contributed by atoms with Crippen LogP contribution in [-0.2, 0) is 4.74 Å². The van der Waals surface area contributed by atoms with Crippen LogP contribution in [0.5, 0.6) is 0 Å². The monoisotopic (exact) mass is 278 g/mol. The van der Waals surface area contributed by atoms with Crippen molar-refractivity contribution in [3.05, 3.63) is 0 Å². The molecule has 1 aromatic rings. The first-order chi connectivity index (χ1) is 9.74. The molecule has 2 fully saturated rings. The van der Waals surface area contributed by atoms with E-state index >= 15 is 0 Å². The maximum atomic E-state index is 5.80. The number of hydrogen-bond donors (Lipinski definition) is 2. The van der Waals surface area contributed by atoms with Gasteiger partial charge in [0, 0.05) is 26.2 Å². The number of nitrogen functional groups attached to an aromatic ring is 1. The summed E-state index contributed by atoms with van der Waals surface area (Å²) in [5.41, 5.74) is 5.80. The zero-order valence-corrected chi connectivity index (χ0v) is 11.9. The molecule has 110 valence electrons. The third-order valence-electron chi connectivity index (χ3n) is 4.08. The van der Waals surface area contributed by atoms with Crippen molar-refractivity contribution in [1.29, 1.82) is 0 Å². The Morgan fingerprint density at radius 2 is 2.00 bits per heavy atom. The Morgan fingerprint density at radius 3 is 2.70 bits per heavy atom. The average Bonchev–Trinajstić information content (AvgIpc) is 3.09. The molecule has 7 heteroatoms. The lowest BCUT2D eigenvalue weighted by Crippen LogP contribution is -2.24. The number of nitrogens with zero attached hydrogens (tertiary/aromatic N) is 4. The zero-order valence-electron chi connectivity index (χ0n) is 11.9. The van der Waals surface area contributed by atoms with Crippen LogP contribution in [0.4, 0.5) is 17.8 Å². The zero-order chi connectivity index (χ0) is 13.9. The van der Waals surface area contributed by atoms with Gasteiger partial charge in [-0.25, -0.2) is 0 Å². The summed E-state index contributed by atoms with van der Waals surface area (Å²) in [6, 6.07) is 0.355. The number of methoxy groups -OCH3 is 1. The second-order valence-electron chi connectivity index (χ2n) is 5.52. The predicted octanol–water partition coefficient (Wildman–Crippen LogP) is 1.03. The largest absolute Gasteiger partial charge is 0.381 e. The number of aromatic nitrogens is 3. The highest BCUT2D eigenvalue weighted by molar-refractivity contribution is 5.43. The fourth-order valence-corrected chi connectivity index (χ4v) is 2.97. The van der Waals surface area contributed by atoms with Gasteiger partial charge in [0.05, 0.1) is 6.10 Å². The first kappa shape index (κ1) is 13.4. The quantitative estimate of drug-likeness (QED) is 0.850. The third kappa shape index (κ3) is 2.92. The molecule has 0 bridgehead atoms. The number of nitrogens with one attached hydrogen (secondary N) is 1. The van der Waals surface area contributed by atoms with E-state index < -0.39 is 0 Å². The Bertz CT molecular complexity index is 462. The molecule has 1 aliphatic heterocycles. The van der Waals surface area contributed by atoms with Crippen LogP contribution in [-0.4, -0.2) is 47.3 Å². The van der Waals surface area contributed by atoms with Gasteiger partial charge in [0.15, 0.2) is 0 Å². The second-order valence-corrected chi connectivity index (χ2v) is 5.52. The molecular weight excluding hydrogens is 256 g/mol. The van der Waals surface area contributed by atoms with Crippen molar-refractivity contribution in [3.8, 4) is 0 Å². The van der Waals surface area contributed by atoms with Gasteiger partial charge in [-0.05, 0) is 32.1 Å². The maximum absolute atomic E-state index is 5.80. The highest BCUT2D eigenvalue weighted by atomic mass is 16.5. The van der Waals surface area contributed by atoms with E-state index in [9.17, 15) is 0 Å². The predicted molar refractivity (Wildman–Crippen MR) is 77.7 cm³/mol. The van der Waals surface area contributed by atoms with Crippen molar-refractivity contribution in [2.75, 3.05) is 36.1 Å². The molecule has 20 heavy (non-hydrogen) atoms. The number of ether oxygens (including phenoxy) is 1. The van der Waals surface area contributed by atoms with Crippen molar-refractivity contribution >= 4 is 17.8 Å². The molecule has 2 aliphatic rings. The summed E-state index contributed by atoms with van der Waals surface area (Å²) in [6.45, 7) is 2.00. The lowest BCUT2D eigenvalue weighted by atomic mass is 10.2. The summed E-state index contributed by atoms with van der Waals surface area (Å²) in [7, 11) is 1.76. The fraction of sp³-hybridized carbons (Fsp3) is 0.769. The van der Waals surface area contributed by atoms with Gasteiger partial charge in [0.25, 0.3) is 0 Å². The minimum atomic E-state index is 0.283. The van der Waals surface area contributed by atoms with E-state index in [1.807, 2.05) is 0 Å². The van der Waals surface area contributed by atoms with Gasteiger partial charge in [-0.1, -0.05) is 0 Å². The van der Waals surface area contributed by atoms with Crippen LogP contribution in [0.15, 0.2) is 0 Å². The van der Waals surface area contributed by atoms with Crippen molar-refractivity contribution in [2.24, 2.45) is 0 Å². The molecule has 1 aliphatic carbocycles. The van der Waals surface area contributed by atoms with E-state index in [-0.39, 0.29) is 5.95 Å². The van der Waals surface area contributed by atoms with Crippen LogP contribution in [0.2, 0.25) is 0 Å². The minimum Gasteiger partial charge on any atom is -0.381 e. The Hall–Kier alpha value is -1.63. The van der Waals surface area contributed by atoms with Crippen molar-refractivity contribution in [2.45, 2.75) is 44.2 Å². The highest BCUT2D eigenvalue weighted by Gasteiger charge is 2.25. The summed E-state index contributed by atoms with van der Waals surface area (Å²) >= 11 is 0. The SMILES string of the molecule is COC1CCC(Nc2nc(N)nc(N3CCCC3)n2)C1. The lowest BCUT2D eigenvalue weighted by Gasteiger charge is -2.17. The first-order valence-electron chi connectivity index (χ1n) is 7.30. The number of rotatable bonds is 4. The van der Waals surface area contributed by atoms with E-state index in [1.165, 1.54) is 12.8 Å². The maximum Gasteiger partial charge on any atom is 0.231 e. The Morgan fingerprint density at radius 1 is 1.20 bits per heavy atom. The standard InChI is InChI=1S/C13H22N6O/c1-20-10-5-4-9(8-10)15-12-16-11(14)17-13(18-12)19-6-2-3-7-19/h9-10H,2-8H2,1H3,(H3,14,15,16,17,18). The summed E-state index contributed by atoms with van der Waals surface area (Å²) in [5, 5.41) is 3.36. The number of anilines is 3. The first-order valence-corrected chi connectivity index (χ1v) is 7.30. The normalized spacial score (nSPS) is 26.1. The molecule has 7 nitrogen and oxygen atoms in total. The number of hydrogen-bond acceptors (Lipinski definition) is 7. The minimum absolute atomic E-state index is 0.283. The highest BCUT2D eigenvalue weighted by Crippen LogP contribution is 2.25. The van der Waals surface area contributed by atoms with Crippen LogP contribution in [0.3, 0.4) is 0 Å². The summed E-state index contributed by atoms with van der Waals surface area (Å²) in [4.78, 5) is 15.1. The van der Waals surface area contributed by atoms with Gasteiger partial charge in [-0.2, -0.15) is 15.0 Å². The van der Waals surface area contributed by atoms with Crippen LogP contribution < -0.4 is 16.0 Å². The molecule has 2 heterocycles.